The molecule has 1 saturated carbocycles. The lowest BCUT2D eigenvalue weighted by Gasteiger charge is -2.34. The van der Waals surface area contributed by atoms with E-state index < -0.39 is 0 Å². The first-order chi connectivity index (χ1) is 11.2. The smallest absolute Gasteiger partial charge is 0.146 e. The summed E-state index contributed by atoms with van der Waals surface area (Å²) in [5.74, 6) is 0.978. The molecular formula is C20H40O3. The molecular weight excluding hydrogens is 288 g/mol. The molecule has 23 heavy (non-hydrogen) atoms. The minimum absolute atomic E-state index is 0.401. The van der Waals surface area contributed by atoms with E-state index in [0.717, 1.165) is 38.6 Å². The zero-order chi connectivity index (χ0) is 16.8. The molecule has 3 nitrogen and oxygen atoms in total. The maximum Gasteiger partial charge on any atom is 0.146 e. The topological polar surface area (TPSA) is 27.7 Å². The van der Waals surface area contributed by atoms with Gasteiger partial charge >= 0.3 is 0 Å². The fourth-order valence-electron chi connectivity index (χ4n) is 3.72. The summed E-state index contributed by atoms with van der Waals surface area (Å²) in [4.78, 5) is 0. The van der Waals surface area contributed by atoms with Crippen LogP contribution in [0.4, 0.5) is 0 Å². The number of rotatable bonds is 12. The quantitative estimate of drug-likeness (QED) is 0.346. The Labute approximate surface area is 144 Å². The molecule has 2 unspecified atom stereocenters. The van der Waals surface area contributed by atoms with E-state index in [1.54, 1.807) is 7.11 Å². The van der Waals surface area contributed by atoms with Crippen LogP contribution in [0.15, 0.2) is 0 Å². The minimum Gasteiger partial charge on any atom is -0.381 e. The van der Waals surface area contributed by atoms with Crippen molar-refractivity contribution in [2.45, 2.75) is 84.5 Å². The van der Waals surface area contributed by atoms with Crippen LogP contribution in [0.3, 0.4) is 0 Å². The molecule has 1 fully saturated rings. The predicted molar refractivity (Wildman–Crippen MR) is 96.7 cm³/mol. The molecule has 1 aliphatic rings. The summed E-state index contributed by atoms with van der Waals surface area (Å²) in [6.45, 7) is 7.83. The standard InChI is InChI=1S/C20H40O3/c1-4-19-10-5-6-12-20(2,14-11-19)13-9-17-22-15-7-8-16-23-18-21-3/h19H,4-18H2,1-3H3. The Morgan fingerprint density at radius 2 is 1.65 bits per heavy atom. The molecule has 1 aliphatic carbocycles. The normalized spacial score (nSPS) is 26.0. The van der Waals surface area contributed by atoms with Gasteiger partial charge in [0.1, 0.15) is 6.79 Å². The highest BCUT2D eigenvalue weighted by atomic mass is 16.7. The van der Waals surface area contributed by atoms with Crippen LogP contribution in [0.1, 0.15) is 84.5 Å². The highest BCUT2D eigenvalue weighted by Crippen LogP contribution is 2.39. The predicted octanol–water partition coefficient (Wildman–Crippen LogP) is 5.57. The lowest BCUT2D eigenvalue weighted by molar-refractivity contribution is -0.0329. The van der Waals surface area contributed by atoms with Crippen molar-refractivity contribution in [2.75, 3.05) is 33.7 Å². The van der Waals surface area contributed by atoms with Crippen molar-refractivity contribution in [1.82, 2.24) is 0 Å². The lowest BCUT2D eigenvalue weighted by Crippen LogP contribution is -2.21. The van der Waals surface area contributed by atoms with Crippen LogP contribution in [0.2, 0.25) is 0 Å². The third-order valence-electron chi connectivity index (χ3n) is 5.47. The van der Waals surface area contributed by atoms with Gasteiger partial charge in [0.05, 0.1) is 0 Å². The van der Waals surface area contributed by atoms with Gasteiger partial charge in [0, 0.05) is 26.9 Å². The second-order valence-corrected chi connectivity index (χ2v) is 7.61. The van der Waals surface area contributed by atoms with Crippen LogP contribution in [0.25, 0.3) is 0 Å². The van der Waals surface area contributed by atoms with E-state index in [9.17, 15) is 0 Å². The van der Waals surface area contributed by atoms with E-state index in [2.05, 4.69) is 13.8 Å². The van der Waals surface area contributed by atoms with Gasteiger partial charge in [-0.25, -0.2) is 0 Å². The van der Waals surface area contributed by atoms with Gasteiger partial charge in [0.2, 0.25) is 0 Å². The number of unbranched alkanes of at least 4 members (excludes halogenated alkanes) is 1. The van der Waals surface area contributed by atoms with Gasteiger partial charge < -0.3 is 14.2 Å². The summed E-state index contributed by atoms with van der Waals surface area (Å²) in [7, 11) is 1.65. The van der Waals surface area contributed by atoms with E-state index in [1.807, 2.05) is 0 Å². The second kappa shape index (κ2) is 13.2. The first-order valence-corrected chi connectivity index (χ1v) is 9.84. The molecule has 0 saturated heterocycles. The summed E-state index contributed by atoms with van der Waals surface area (Å²) in [6.07, 6.45) is 14.7. The summed E-state index contributed by atoms with van der Waals surface area (Å²) in [5.41, 5.74) is 0.561. The Kier molecular flexibility index (Phi) is 12.0. The highest BCUT2D eigenvalue weighted by molar-refractivity contribution is 4.78. The molecule has 138 valence electrons. The van der Waals surface area contributed by atoms with Crippen LogP contribution in [-0.4, -0.2) is 33.7 Å². The van der Waals surface area contributed by atoms with E-state index in [0.29, 0.717) is 12.2 Å². The van der Waals surface area contributed by atoms with Gasteiger partial charge in [-0.2, -0.15) is 0 Å². The van der Waals surface area contributed by atoms with Crippen molar-refractivity contribution < 1.29 is 14.2 Å². The van der Waals surface area contributed by atoms with Gasteiger partial charge in [-0.3, -0.25) is 0 Å². The molecule has 0 aromatic carbocycles. The van der Waals surface area contributed by atoms with E-state index >= 15 is 0 Å². The Morgan fingerprint density at radius 1 is 0.913 bits per heavy atom. The Bertz CT molecular complexity index is 270. The molecule has 0 radical (unpaired) electrons. The largest absolute Gasteiger partial charge is 0.381 e. The summed E-state index contributed by atoms with van der Waals surface area (Å²) >= 11 is 0. The van der Waals surface area contributed by atoms with Crippen molar-refractivity contribution in [3.8, 4) is 0 Å². The minimum atomic E-state index is 0.401. The first-order valence-electron chi connectivity index (χ1n) is 9.84. The molecule has 1 rings (SSSR count). The molecule has 3 heteroatoms. The molecule has 0 aliphatic heterocycles. The fraction of sp³-hybridized carbons (Fsp3) is 1.00. The number of hydrogen-bond acceptors (Lipinski definition) is 3. The highest BCUT2D eigenvalue weighted by Gasteiger charge is 2.26. The maximum atomic E-state index is 5.79. The molecule has 0 aromatic heterocycles. The van der Waals surface area contributed by atoms with Crippen molar-refractivity contribution in [3.63, 3.8) is 0 Å². The zero-order valence-corrected chi connectivity index (χ0v) is 15.9. The van der Waals surface area contributed by atoms with E-state index in [-0.39, 0.29) is 0 Å². The summed E-state index contributed by atoms with van der Waals surface area (Å²) in [5, 5.41) is 0. The van der Waals surface area contributed by atoms with Crippen LogP contribution >= 0.6 is 0 Å². The van der Waals surface area contributed by atoms with Gasteiger partial charge in [-0.15, -0.1) is 0 Å². The van der Waals surface area contributed by atoms with Crippen LogP contribution < -0.4 is 0 Å². The van der Waals surface area contributed by atoms with Crippen LogP contribution in [-0.2, 0) is 14.2 Å². The molecule has 0 heterocycles. The summed E-state index contributed by atoms with van der Waals surface area (Å²) in [6, 6.07) is 0. The Balaban J connectivity index is 2.02. The molecule has 0 spiro atoms. The molecule has 0 bridgehead atoms. The van der Waals surface area contributed by atoms with Crippen molar-refractivity contribution in [2.24, 2.45) is 11.3 Å². The molecule has 0 aromatic rings. The van der Waals surface area contributed by atoms with Crippen molar-refractivity contribution in [1.29, 1.82) is 0 Å². The maximum absolute atomic E-state index is 5.79. The van der Waals surface area contributed by atoms with Crippen LogP contribution in [0, 0.1) is 11.3 Å². The van der Waals surface area contributed by atoms with Crippen molar-refractivity contribution in [3.05, 3.63) is 0 Å². The zero-order valence-electron chi connectivity index (χ0n) is 15.9. The van der Waals surface area contributed by atoms with E-state index in [4.69, 9.17) is 14.2 Å². The molecule has 2 atom stereocenters. The SMILES string of the molecule is CCC1CCCCC(C)(CCCOCCCCOCOC)CC1. The number of ether oxygens (including phenoxy) is 3. The monoisotopic (exact) mass is 328 g/mol. The molecule has 0 N–H and O–H groups in total. The lowest BCUT2D eigenvalue weighted by atomic mass is 9.72. The van der Waals surface area contributed by atoms with Gasteiger partial charge in [0.15, 0.2) is 0 Å². The number of methoxy groups -OCH3 is 1. The Morgan fingerprint density at radius 3 is 2.39 bits per heavy atom. The van der Waals surface area contributed by atoms with Gasteiger partial charge in [-0.1, -0.05) is 39.5 Å². The van der Waals surface area contributed by atoms with Gasteiger partial charge in [-0.05, 0) is 56.3 Å². The second-order valence-electron chi connectivity index (χ2n) is 7.61. The third-order valence-corrected chi connectivity index (χ3v) is 5.47. The van der Waals surface area contributed by atoms with Crippen LogP contribution in [0.5, 0.6) is 0 Å². The number of hydrogen-bond donors (Lipinski definition) is 0. The third kappa shape index (κ3) is 10.4. The average molecular weight is 329 g/mol. The fourth-order valence-corrected chi connectivity index (χ4v) is 3.72. The van der Waals surface area contributed by atoms with Crippen molar-refractivity contribution >= 4 is 0 Å². The van der Waals surface area contributed by atoms with E-state index in [1.165, 1.54) is 57.8 Å². The van der Waals surface area contributed by atoms with Gasteiger partial charge in [0.25, 0.3) is 0 Å². The Hall–Kier alpha value is -0.120. The summed E-state index contributed by atoms with van der Waals surface area (Å²) < 4.78 is 15.9. The first kappa shape index (κ1) is 20.9. The average Bonchev–Trinajstić information content (AvgIpc) is 2.54. The molecule has 0 amide bonds.